The van der Waals surface area contributed by atoms with Gasteiger partial charge in [0, 0.05) is 31.3 Å². The maximum atomic E-state index is 14.3. The number of carbonyl (C=O) groups excluding carboxylic acids is 1. The van der Waals surface area contributed by atoms with Gasteiger partial charge in [0.05, 0.1) is 5.69 Å². The van der Waals surface area contributed by atoms with Gasteiger partial charge in [0.25, 0.3) is 5.91 Å². The van der Waals surface area contributed by atoms with Gasteiger partial charge in [-0.3, -0.25) is 4.79 Å². The van der Waals surface area contributed by atoms with Crippen LogP contribution >= 0.6 is 0 Å². The van der Waals surface area contributed by atoms with Crippen LogP contribution in [0.25, 0.3) is 0 Å². The average molecular weight is 403 g/mol. The molecule has 1 aromatic carbocycles. The summed E-state index contributed by atoms with van der Waals surface area (Å²) in [7, 11) is -3.94. The number of benzene rings is 1. The fourth-order valence-corrected chi connectivity index (χ4v) is 4.40. The van der Waals surface area contributed by atoms with Gasteiger partial charge in [-0.15, -0.1) is 0 Å². The number of anilines is 1. The Bertz CT molecular complexity index is 843. The minimum Gasteiger partial charge on any atom is -0.363 e. The first-order valence-corrected chi connectivity index (χ1v) is 10.7. The number of amides is 1. The number of piperidine rings is 2. The number of rotatable bonds is 4. The quantitative estimate of drug-likeness (QED) is 0.645. The molecule has 1 amide bonds. The van der Waals surface area contributed by atoms with Crippen LogP contribution in [0, 0.1) is 11.6 Å². The molecule has 2 aliphatic heterocycles. The van der Waals surface area contributed by atoms with E-state index in [-0.39, 0.29) is 12.5 Å². The van der Waals surface area contributed by atoms with Crippen molar-refractivity contribution in [2.75, 3.05) is 31.2 Å². The zero-order chi connectivity index (χ0) is 19.8. The van der Waals surface area contributed by atoms with Crippen LogP contribution in [0.2, 0.25) is 0 Å². The number of nitrogens with zero attached hydrogens (tertiary/aromatic N) is 1. The van der Waals surface area contributed by atoms with Crippen LogP contribution in [0.15, 0.2) is 17.0 Å². The molecular weight excluding hydrogens is 380 g/mol. The predicted molar refractivity (Wildman–Crippen MR) is 94.9 cm³/mol. The lowest BCUT2D eigenvalue weighted by molar-refractivity contribution is -0.157. The molecule has 0 unspecified atom stereocenters. The van der Waals surface area contributed by atoms with Crippen molar-refractivity contribution in [3.8, 4) is 0 Å². The topological polar surface area (TPSA) is 98.7 Å². The molecule has 1 atom stereocenters. The average Bonchev–Trinajstić information content (AvgIpc) is 2.60. The van der Waals surface area contributed by atoms with E-state index in [0.29, 0.717) is 25.1 Å². The maximum absolute atomic E-state index is 14.3. The summed E-state index contributed by atoms with van der Waals surface area (Å²) in [6.07, 6.45) is 2.83. The highest BCUT2D eigenvalue weighted by Gasteiger charge is 2.45. The van der Waals surface area contributed by atoms with Gasteiger partial charge in [-0.25, -0.2) is 17.2 Å². The second-order valence-electron chi connectivity index (χ2n) is 7.10. The summed E-state index contributed by atoms with van der Waals surface area (Å²) >= 11 is 0. The van der Waals surface area contributed by atoms with Crippen molar-refractivity contribution in [1.29, 1.82) is 0 Å². The normalized spacial score (nSPS) is 24.9. The Morgan fingerprint density at radius 3 is 2.56 bits per heavy atom. The van der Waals surface area contributed by atoms with Gasteiger partial charge in [-0.05, 0) is 38.4 Å². The molecule has 10 heteroatoms. The lowest BCUT2D eigenvalue weighted by Crippen LogP contribution is -2.61. The molecule has 3 N–H and O–H groups in total. The summed E-state index contributed by atoms with van der Waals surface area (Å²) < 4.78 is 51.4. The molecule has 2 saturated heterocycles. The number of hydrogen-bond acceptors (Lipinski definition) is 6. The first-order valence-electron chi connectivity index (χ1n) is 8.83. The molecule has 1 aromatic rings. The SMILES string of the molecule is CS(=O)(=O)c1cc(F)c(N[C@]2(O)CCCN(C3CCNCC3)C2=O)cc1F. The number of hydrogen-bond donors (Lipinski definition) is 3. The van der Waals surface area contributed by atoms with Crippen LogP contribution in [-0.2, 0) is 14.6 Å². The van der Waals surface area contributed by atoms with Crippen LogP contribution in [0.5, 0.6) is 0 Å². The molecule has 27 heavy (non-hydrogen) atoms. The Morgan fingerprint density at radius 2 is 1.93 bits per heavy atom. The van der Waals surface area contributed by atoms with E-state index in [4.69, 9.17) is 0 Å². The Labute approximate surface area is 156 Å². The number of likely N-dealkylation sites (tertiary alicyclic amines) is 1. The molecule has 0 aromatic heterocycles. The van der Waals surface area contributed by atoms with Crippen LogP contribution in [0.4, 0.5) is 14.5 Å². The summed E-state index contributed by atoms with van der Waals surface area (Å²) in [5.74, 6) is -2.78. The van der Waals surface area contributed by atoms with Crippen LogP contribution < -0.4 is 10.6 Å². The van der Waals surface area contributed by atoms with Gasteiger partial charge in [0.15, 0.2) is 9.84 Å². The van der Waals surface area contributed by atoms with E-state index in [1.54, 1.807) is 4.90 Å². The third kappa shape index (κ3) is 4.07. The third-order valence-electron chi connectivity index (χ3n) is 5.06. The minimum absolute atomic E-state index is 0.0124. The molecule has 150 valence electrons. The van der Waals surface area contributed by atoms with E-state index in [2.05, 4.69) is 10.6 Å². The number of sulfone groups is 1. The van der Waals surface area contributed by atoms with Crippen molar-refractivity contribution in [2.24, 2.45) is 0 Å². The molecular formula is C17H23F2N3O4S. The predicted octanol–water partition coefficient (Wildman–Crippen LogP) is 0.843. The third-order valence-corrected chi connectivity index (χ3v) is 6.18. The van der Waals surface area contributed by atoms with Gasteiger partial charge >= 0.3 is 0 Å². The fourth-order valence-electron chi connectivity index (χ4n) is 3.67. The zero-order valence-electron chi connectivity index (χ0n) is 15.0. The molecule has 0 radical (unpaired) electrons. The summed E-state index contributed by atoms with van der Waals surface area (Å²) in [6, 6.07) is 1.19. The number of nitrogens with one attached hydrogen (secondary N) is 2. The smallest absolute Gasteiger partial charge is 0.275 e. The number of halogens is 2. The molecule has 0 bridgehead atoms. The van der Waals surface area contributed by atoms with Gasteiger partial charge < -0.3 is 20.6 Å². The van der Waals surface area contributed by atoms with Crippen molar-refractivity contribution in [3.05, 3.63) is 23.8 Å². The number of aliphatic hydroxyl groups is 1. The van der Waals surface area contributed by atoms with E-state index >= 15 is 0 Å². The molecule has 7 nitrogen and oxygen atoms in total. The monoisotopic (exact) mass is 403 g/mol. The first kappa shape index (κ1) is 20.0. The molecule has 2 heterocycles. The summed E-state index contributed by atoms with van der Waals surface area (Å²) in [4.78, 5) is 13.7. The fraction of sp³-hybridized carbons (Fsp3) is 0.588. The van der Waals surface area contributed by atoms with E-state index in [1.165, 1.54) is 0 Å². The lowest BCUT2D eigenvalue weighted by atomic mass is 9.95. The summed E-state index contributed by atoms with van der Waals surface area (Å²) in [5, 5.41) is 16.4. The van der Waals surface area contributed by atoms with Crippen LogP contribution in [0.3, 0.4) is 0 Å². The second-order valence-corrected chi connectivity index (χ2v) is 9.09. The summed E-state index contributed by atoms with van der Waals surface area (Å²) in [6.45, 7) is 2.04. The van der Waals surface area contributed by atoms with Crippen LogP contribution in [-0.4, -0.2) is 62.0 Å². The Morgan fingerprint density at radius 1 is 1.26 bits per heavy atom. The lowest BCUT2D eigenvalue weighted by Gasteiger charge is -2.43. The van der Waals surface area contributed by atoms with E-state index in [0.717, 1.165) is 32.2 Å². The van der Waals surface area contributed by atoms with E-state index in [1.807, 2.05) is 0 Å². The van der Waals surface area contributed by atoms with Gasteiger partial charge in [-0.1, -0.05) is 0 Å². The number of carbonyl (C=O) groups is 1. The zero-order valence-corrected chi connectivity index (χ0v) is 15.8. The van der Waals surface area contributed by atoms with Crippen molar-refractivity contribution < 1.29 is 27.1 Å². The van der Waals surface area contributed by atoms with E-state index in [9.17, 15) is 27.1 Å². The van der Waals surface area contributed by atoms with E-state index < -0.39 is 43.7 Å². The standard InChI is InChI=1S/C17H23F2N3O4S/c1-27(25,26)15-10-12(18)14(9-13(15)19)21-17(24)5-2-8-22(16(17)23)11-3-6-20-7-4-11/h9-11,20-21,24H,2-8H2,1H3/t17-/m0/s1. The molecule has 0 saturated carbocycles. The maximum Gasteiger partial charge on any atom is 0.275 e. The second kappa shape index (κ2) is 7.33. The largest absolute Gasteiger partial charge is 0.363 e. The summed E-state index contributed by atoms with van der Waals surface area (Å²) in [5.41, 5.74) is -2.52. The highest BCUT2D eigenvalue weighted by atomic mass is 32.2. The molecule has 3 rings (SSSR count). The highest BCUT2D eigenvalue weighted by Crippen LogP contribution is 2.31. The van der Waals surface area contributed by atoms with Gasteiger partial charge in [0.1, 0.15) is 16.5 Å². The first-order chi connectivity index (χ1) is 12.6. The highest BCUT2D eigenvalue weighted by molar-refractivity contribution is 7.90. The molecule has 2 aliphatic rings. The van der Waals surface area contributed by atoms with Crippen molar-refractivity contribution in [2.45, 2.75) is 42.3 Å². The van der Waals surface area contributed by atoms with Crippen molar-refractivity contribution >= 4 is 21.4 Å². The van der Waals surface area contributed by atoms with Gasteiger partial charge in [0.2, 0.25) is 5.72 Å². The Hall–Kier alpha value is -1.78. The molecule has 0 aliphatic carbocycles. The molecule has 2 fully saturated rings. The van der Waals surface area contributed by atoms with Gasteiger partial charge in [-0.2, -0.15) is 0 Å². The Kier molecular flexibility index (Phi) is 5.42. The Balaban J connectivity index is 1.85. The molecule has 0 spiro atoms. The minimum atomic E-state index is -3.94. The van der Waals surface area contributed by atoms with Crippen molar-refractivity contribution in [1.82, 2.24) is 10.2 Å². The van der Waals surface area contributed by atoms with Crippen LogP contribution in [0.1, 0.15) is 25.7 Å². The van der Waals surface area contributed by atoms with Crippen molar-refractivity contribution in [3.63, 3.8) is 0 Å².